The van der Waals surface area contributed by atoms with Gasteiger partial charge in [0.25, 0.3) is 0 Å². The molecule has 8 heteroatoms. The fourth-order valence-corrected chi connectivity index (χ4v) is 3.44. The molecule has 4 rings (SSSR count). The molecule has 1 saturated heterocycles. The summed E-state index contributed by atoms with van der Waals surface area (Å²) in [6.45, 7) is 0.174. The van der Waals surface area contributed by atoms with Gasteiger partial charge in [0, 0.05) is 22.2 Å². The van der Waals surface area contributed by atoms with Crippen LogP contribution in [0.1, 0.15) is 17.2 Å². The summed E-state index contributed by atoms with van der Waals surface area (Å²) in [6, 6.07) is 10.6. The number of aromatic nitrogens is 3. The van der Waals surface area contributed by atoms with Crippen LogP contribution in [0.2, 0.25) is 5.02 Å². The summed E-state index contributed by atoms with van der Waals surface area (Å²) in [5, 5.41) is 4.63. The first-order valence-electron chi connectivity index (χ1n) is 7.49. The van der Waals surface area contributed by atoms with Crippen molar-refractivity contribution in [2.75, 3.05) is 0 Å². The quantitative estimate of drug-likeness (QED) is 0.534. The van der Waals surface area contributed by atoms with Gasteiger partial charge < -0.3 is 9.72 Å². The Kier molecular flexibility index (Phi) is 3.94. The van der Waals surface area contributed by atoms with E-state index in [0.717, 1.165) is 11.6 Å². The zero-order chi connectivity index (χ0) is 17.6. The van der Waals surface area contributed by atoms with Crippen LogP contribution in [0.5, 0.6) is 0 Å². The van der Waals surface area contributed by atoms with Crippen LogP contribution in [0.4, 0.5) is 8.78 Å². The Balaban J connectivity index is 1.82. The van der Waals surface area contributed by atoms with Crippen molar-refractivity contribution in [3.05, 3.63) is 81.3 Å². The molecular weight excluding hydrogens is 368 g/mol. The van der Waals surface area contributed by atoms with E-state index in [1.54, 1.807) is 12.1 Å². The molecule has 1 N–H and O–H groups in total. The number of hydrogen-bond donors (Lipinski definition) is 1. The maximum absolute atomic E-state index is 14.5. The molecule has 1 fully saturated rings. The number of ether oxygens (including phenoxy) is 1. The molecular formula is C17H12ClF2N3OS. The van der Waals surface area contributed by atoms with Crippen LogP contribution in [0.3, 0.4) is 0 Å². The fourth-order valence-electron chi connectivity index (χ4n) is 3.04. The number of halogens is 3. The minimum absolute atomic E-state index is 0.174. The molecule has 128 valence electrons. The normalized spacial score (nSPS) is 22.1. The van der Waals surface area contributed by atoms with Crippen LogP contribution in [0.25, 0.3) is 0 Å². The maximum atomic E-state index is 14.5. The van der Waals surface area contributed by atoms with Gasteiger partial charge in [0.05, 0.1) is 6.54 Å². The van der Waals surface area contributed by atoms with Crippen LogP contribution in [-0.2, 0) is 16.9 Å². The first kappa shape index (κ1) is 16.4. The van der Waals surface area contributed by atoms with E-state index in [-0.39, 0.29) is 12.1 Å². The highest BCUT2D eigenvalue weighted by Gasteiger charge is 2.60. The number of nitrogens with one attached hydrogen (secondary N) is 1. The number of H-pyrrole nitrogens is 1. The van der Waals surface area contributed by atoms with Crippen molar-refractivity contribution in [2.45, 2.75) is 18.2 Å². The highest BCUT2D eigenvalue weighted by molar-refractivity contribution is 7.71. The highest BCUT2D eigenvalue weighted by Crippen LogP contribution is 2.59. The molecule has 0 bridgehead atoms. The molecule has 0 radical (unpaired) electrons. The first-order chi connectivity index (χ1) is 12.0. The predicted molar refractivity (Wildman–Crippen MR) is 90.7 cm³/mol. The van der Waals surface area contributed by atoms with E-state index in [2.05, 4.69) is 10.1 Å². The van der Waals surface area contributed by atoms with Gasteiger partial charge in [-0.25, -0.2) is 13.5 Å². The fraction of sp³-hybridized carbons (Fsp3) is 0.176. The van der Waals surface area contributed by atoms with Crippen LogP contribution >= 0.6 is 23.8 Å². The molecule has 25 heavy (non-hydrogen) atoms. The second-order valence-electron chi connectivity index (χ2n) is 5.78. The van der Waals surface area contributed by atoms with Crippen molar-refractivity contribution < 1.29 is 13.5 Å². The molecule has 1 aromatic heterocycles. The minimum Gasteiger partial charge on any atom is -0.354 e. The van der Waals surface area contributed by atoms with E-state index in [4.69, 9.17) is 28.6 Å². The molecule has 1 aliphatic heterocycles. The first-order valence-corrected chi connectivity index (χ1v) is 8.28. The topological polar surface area (TPSA) is 46.1 Å². The average Bonchev–Trinajstić information content (AvgIpc) is 3.14. The summed E-state index contributed by atoms with van der Waals surface area (Å²) in [4.78, 5) is 2.79. The van der Waals surface area contributed by atoms with E-state index in [9.17, 15) is 8.78 Å². The van der Waals surface area contributed by atoms with Crippen LogP contribution in [-0.4, -0.2) is 14.8 Å². The molecule has 0 amide bonds. The van der Waals surface area contributed by atoms with Gasteiger partial charge in [-0.1, -0.05) is 35.9 Å². The number of epoxide rings is 1. The third kappa shape index (κ3) is 2.78. The molecule has 1 aliphatic rings. The smallest absolute Gasteiger partial charge is 0.195 e. The molecule has 2 atom stereocenters. The Bertz CT molecular complexity index is 1010. The van der Waals surface area contributed by atoms with Crippen LogP contribution in [0, 0.1) is 16.4 Å². The number of hydrogen-bond acceptors (Lipinski definition) is 3. The van der Waals surface area contributed by atoms with Gasteiger partial charge in [0.2, 0.25) is 0 Å². The predicted octanol–water partition coefficient (Wildman–Crippen LogP) is 4.54. The second-order valence-corrected chi connectivity index (χ2v) is 6.58. The van der Waals surface area contributed by atoms with E-state index in [1.807, 2.05) is 12.1 Å². The zero-order valence-corrected chi connectivity index (χ0v) is 14.3. The Morgan fingerprint density at radius 2 is 2.08 bits per heavy atom. The van der Waals surface area contributed by atoms with Crippen molar-refractivity contribution in [3.8, 4) is 0 Å². The Labute approximate surface area is 152 Å². The van der Waals surface area contributed by atoms with Crippen molar-refractivity contribution in [1.29, 1.82) is 0 Å². The van der Waals surface area contributed by atoms with E-state index in [1.165, 1.54) is 23.1 Å². The van der Waals surface area contributed by atoms with Crippen LogP contribution in [0.15, 0.2) is 48.8 Å². The summed E-state index contributed by atoms with van der Waals surface area (Å²) in [6.07, 6.45) is 0.962. The summed E-state index contributed by atoms with van der Waals surface area (Å²) in [5.41, 5.74) is -0.0883. The Morgan fingerprint density at radius 3 is 2.76 bits per heavy atom. The lowest BCUT2D eigenvalue weighted by molar-refractivity contribution is 0.255. The van der Waals surface area contributed by atoms with Gasteiger partial charge in [0.1, 0.15) is 29.7 Å². The van der Waals surface area contributed by atoms with Crippen molar-refractivity contribution in [3.63, 3.8) is 0 Å². The second kappa shape index (κ2) is 6.01. The van der Waals surface area contributed by atoms with Crippen LogP contribution < -0.4 is 0 Å². The molecule has 0 saturated carbocycles. The maximum Gasteiger partial charge on any atom is 0.195 e. The highest BCUT2D eigenvalue weighted by atomic mass is 35.5. The number of rotatable bonds is 4. The van der Waals surface area contributed by atoms with E-state index in [0.29, 0.717) is 9.79 Å². The molecule has 2 aromatic carbocycles. The summed E-state index contributed by atoms with van der Waals surface area (Å²) in [7, 11) is 0. The van der Waals surface area contributed by atoms with Gasteiger partial charge in [-0.15, -0.1) is 0 Å². The minimum atomic E-state index is -1.06. The van der Waals surface area contributed by atoms with E-state index < -0.39 is 23.3 Å². The number of nitrogens with zero attached hydrogens (tertiary/aromatic N) is 2. The third-order valence-electron chi connectivity index (χ3n) is 4.27. The van der Waals surface area contributed by atoms with Gasteiger partial charge in [-0.3, -0.25) is 0 Å². The van der Waals surface area contributed by atoms with Gasteiger partial charge >= 0.3 is 0 Å². The van der Waals surface area contributed by atoms with Gasteiger partial charge in [0.15, 0.2) is 4.77 Å². The van der Waals surface area contributed by atoms with Gasteiger partial charge in [-0.2, -0.15) is 5.10 Å². The standard InChI is InChI=1S/C17H12ClF2N3OS/c18-13-4-2-1-3-11(13)15-17(24-15,8-23-16(25)21-9-22-23)12-6-5-10(19)7-14(12)20/h1-7,9,15H,8H2,(H,21,22,25)/t15-,17-/m0/s1. The lowest BCUT2D eigenvalue weighted by Crippen LogP contribution is -2.21. The average molecular weight is 380 g/mol. The molecule has 0 aliphatic carbocycles. The lowest BCUT2D eigenvalue weighted by Gasteiger charge is -2.15. The lowest BCUT2D eigenvalue weighted by atomic mass is 9.91. The SMILES string of the molecule is Fc1ccc([C@]2(Cn3nc[nH]c3=S)O[C@H]2c2ccccc2Cl)c(F)c1. The number of benzene rings is 2. The van der Waals surface area contributed by atoms with Crippen molar-refractivity contribution in [2.24, 2.45) is 0 Å². The largest absolute Gasteiger partial charge is 0.354 e. The molecule has 0 spiro atoms. The monoisotopic (exact) mass is 379 g/mol. The Hall–Kier alpha value is -2.09. The molecule has 4 nitrogen and oxygen atoms in total. The summed E-state index contributed by atoms with van der Waals surface area (Å²) in [5.74, 6) is -1.33. The molecule has 0 unspecified atom stereocenters. The summed E-state index contributed by atoms with van der Waals surface area (Å²) < 4.78 is 35.7. The van der Waals surface area contributed by atoms with Crippen molar-refractivity contribution in [1.82, 2.24) is 14.8 Å². The van der Waals surface area contributed by atoms with E-state index >= 15 is 0 Å². The molecule has 3 aromatic rings. The molecule has 2 heterocycles. The van der Waals surface area contributed by atoms with Crippen molar-refractivity contribution >= 4 is 23.8 Å². The van der Waals surface area contributed by atoms with Gasteiger partial charge in [-0.05, 0) is 24.4 Å². The Morgan fingerprint density at radius 1 is 1.28 bits per heavy atom. The third-order valence-corrected chi connectivity index (χ3v) is 4.95. The number of aromatic amines is 1. The summed E-state index contributed by atoms with van der Waals surface area (Å²) >= 11 is 11.4. The zero-order valence-electron chi connectivity index (χ0n) is 12.7.